The molecule has 0 aliphatic rings. The molecular weight excluding hydrogens is 278 g/mol. The molecule has 4 heteroatoms. The Bertz CT molecular complexity index is 417. The number of benzene rings is 1. The van der Waals surface area contributed by atoms with Gasteiger partial charge in [0.05, 0.1) is 4.99 Å². The van der Waals surface area contributed by atoms with Gasteiger partial charge in [0.1, 0.15) is 0 Å². The van der Waals surface area contributed by atoms with E-state index in [0.29, 0.717) is 10.9 Å². The summed E-state index contributed by atoms with van der Waals surface area (Å²) in [4.78, 5) is 5.27. The SMILES string of the molecule is CC(C)CN(CCN(C)C)CC(C(N)=S)c1ccccc1. The molecule has 1 aromatic rings. The van der Waals surface area contributed by atoms with Crippen LogP contribution in [-0.4, -0.2) is 55.1 Å². The molecular formula is C17H29N3S. The number of nitrogens with zero attached hydrogens (tertiary/aromatic N) is 2. The van der Waals surface area contributed by atoms with Gasteiger partial charge in [-0.05, 0) is 25.6 Å². The van der Waals surface area contributed by atoms with E-state index in [-0.39, 0.29) is 5.92 Å². The van der Waals surface area contributed by atoms with E-state index >= 15 is 0 Å². The Morgan fingerprint density at radius 1 is 1.10 bits per heavy atom. The summed E-state index contributed by atoms with van der Waals surface area (Å²) >= 11 is 5.31. The zero-order chi connectivity index (χ0) is 15.8. The molecule has 0 amide bonds. The number of rotatable bonds is 9. The average Bonchev–Trinajstić information content (AvgIpc) is 2.41. The first-order chi connectivity index (χ1) is 9.90. The van der Waals surface area contributed by atoms with Crippen molar-refractivity contribution in [2.45, 2.75) is 19.8 Å². The summed E-state index contributed by atoms with van der Waals surface area (Å²) in [6.45, 7) is 8.55. The molecule has 0 saturated carbocycles. The third-order valence-corrected chi connectivity index (χ3v) is 3.76. The molecule has 0 heterocycles. The van der Waals surface area contributed by atoms with Crippen LogP contribution in [0.15, 0.2) is 30.3 Å². The second-order valence-electron chi connectivity index (χ2n) is 6.32. The van der Waals surface area contributed by atoms with Gasteiger partial charge in [0.15, 0.2) is 0 Å². The topological polar surface area (TPSA) is 32.5 Å². The van der Waals surface area contributed by atoms with Crippen LogP contribution in [-0.2, 0) is 0 Å². The minimum Gasteiger partial charge on any atom is -0.393 e. The van der Waals surface area contributed by atoms with Gasteiger partial charge >= 0.3 is 0 Å². The third-order valence-electron chi connectivity index (χ3n) is 3.47. The smallest absolute Gasteiger partial charge is 0.0816 e. The van der Waals surface area contributed by atoms with Gasteiger partial charge in [-0.3, -0.25) is 0 Å². The fourth-order valence-corrected chi connectivity index (χ4v) is 2.63. The summed E-state index contributed by atoms with van der Waals surface area (Å²) in [5, 5.41) is 0. The highest BCUT2D eigenvalue weighted by atomic mass is 32.1. The summed E-state index contributed by atoms with van der Waals surface area (Å²) in [5.74, 6) is 0.761. The van der Waals surface area contributed by atoms with Crippen molar-refractivity contribution < 1.29 is 0 Å². The molecule has 1 rings (SSSR count). The maximum absolute atomic E-state index is 6.00. The number of hydrogen-bond donors (Lipinski definition) is 1. The summed E-state index contributed by atoms with van der Waals surface area (Å²) in [5.41, 5.74) is 7.21. The lowest BCUT2D eigenvalue weighted by atomic mass is 9.98. The van der Waals surface area contributed by atoms with Crippen molar-refractivity contribution in [2.75, 3.05) is 40.3 Å². The summed E-state index contributed by atoms with van der Waals surface area (Å²) in [6.07, 6.45) is 0. The van der Waals surface area contributed by atoms with Crippen LogP contribution in [0.5, 0.6) is 0 Å². The molecule has 1 atom stereocenters. The molecule has 0 aliphatic carbocycles. The monoisotopic (exact) mass is 307 g/mol. The third kappa shape index (κ3) is 7.02. The van der Waals surface area contributed by atoms with E-state index in [1.54, 1.807) is 0 Å². The average molecular weight is 308 g/mol. The van der Waals surface area contributed by atoms with E-state index in [2.05, 4.69) is 49.9 Å². The molecule has 21 heavy (non-hydrogen) atoms. The van der Waals surface area contributed by atoms with E-state index in [9.17, 15) is 0 Å². The molecule has 2 N–H and O–H groups in total. The van der Waals surface area contributed by atoms with Crippen LogP contribution in [0.25, 0.3) is 0 Å². The quantitative estimate of drug-likeness (QED) is 0.711. The van der Waals surface area contributed by atoms with E-state index in [0.717, 1.165) is 26.2 Å². The van der Waals surface area contributed by atoms with Crippen LogP contribution in [0, 0.1) is 5.92 Å². The minimum absolute atomic E-state index is 0.127. The Morgan fingerprint density at radius 3 is 2.19 bits per heavy atom. The normalized spacial score (nSPS) is 13.1. The van der Waals surface area contributed by atoms with Crippen LogP contribution >= 0.6 is 12.2 Å². The minimum atomic E-state index is 0.127. The lowest BCUT2D eigenvalue weighted by Crippen LogP contribution is -2.39. The van der Waals surface area contributed by atoms with Crippen LogP contribution in [0.2, 0.25) is 0 Å². The molecule has 118 valence electrons. The fourth-order valence-electron chi connectivity index (χ4n) is 2.42. The summed E-state index contributed by atoms with van der Waals surface area (Å²) < 4.78 is 0. The maximum atomic E-state index is 6.00. The van der Waals surface area contributed by atoms with Gasteiger partial charge in [-0.15, -0.1) is 0 Å². The molecule has 0 saturated heterocycles. The maximum Gasteiger partial charge on any atom is 0.0816 e. The number of hydrogen-bond acceptors (Lipinski definition) is 3. The Labute approximate surface area is 135 Å². The largest absolute Gasteiger partial charge is 0.393 e. The van der Waals surface area contributed by atoms with Gasteiger partial charge < -0.3 is 15.5 Å². The van der Waals surface area contributed by atoms with E-state index in [4.69, 9.17) is 18.0 Å². The molecule has 0 radical (unpaired) electrons. The molecule has 0 aromatic heterocycles. The van der Waals surface area contributed by atoms with Gasteiger partial charge in [0, 0.05) is 32.1 Å². The molecule has 0 fully saturated rings. The van der Waals surface area contributed by atoms with E-state index in [1.165, 1.54) is 5.56 Å². The van der Waals surface area contributed by atoms with Gasteiger partial charge in [-0.25, -0.2) is 0 Å². The van der Waals surface area contributed by atoms with Crippen molar-refractivity contribution >= 4 is 17.2 Å². The molecule has 3 nitrogen and oxygen atoms in total. The Kier molecular flexibility index (Phi) is 7.86. The number of thiocarbonyl (C=S) groups is 1. The van der Waals surface area contributed by atoms with Gasteiger partial charge in [0.2, 0.25) is 0 Å². The second kappa shape index (κ2) is 9.13. The molecule has 0 aliphatic heterocycles. The van der Waals surface area contributed by atoms with Crippen molar-refractivity contribution in [1.29, 1.82) is 0 Å². The Morgan fingerprint density at radius 2 is 1.71 bits per heavy atom. The second-order valence-corrected chi connectivity index (χ2v) is 6.79. The zero-order valence-electron chi connectivity index (χ0n) is 13.7. The summed E-state index contributed by atoms with van der Waals surface area (Å²) in [6, 6.07) is 10.4. The van der Waals surface area contributed by atoms with Gasteiger partial charge in [-0.2, -0.15) is 0 Å². The first-order valence-corrected chi connectivity index (χ1v) is 8.02. The number of likely N-dealkylation sites (N-methyl/N-ethyl adjacent to an activating group) is 1. The van der Waals surface area contributed by atoms with Crippen molar-refractivity contribution in [1.82, 2.24) is 9.80 Å². The van der Waals surface area contributed by atoms with Crippen molar-refractivity contribution in [3.05, 3.63) is 35.9 Å². The number of nitrogens with two attached hydrogens (primary N) is 1. The predicted octanol–water partition coefficient (Wildman–Crippen LogP) is 2.58. The highest BCUT2D eigenvalue weighted by Crippen LogP contribution is 2.18. The standard InChI is InChI=1S/C17H29N3S/c1-14(2)12-20(11-10-19(3)4)13-16(17(18)21)15-8-6-5-7-9-15/h5-9,14,16H,10-13H2,1-4H3,(H2,18,21). The van der Waals surface area contributed by atoms with Gasteiger partial charge in [-0.1, -0.05) is 56.4 Å². The molecule has 0 bridgehead atoms. The van der Waals surface area contributed by atoms with Crippen molar-refractivity contribution in [2.24, 2.45) is 11.7 Å². The Balaban J connectivity index is 2.78. The fraction of sp³-hybridized carbons (Fsp3) is 0.588. The van der Waals surface area contributed by atoms with Gasteiger partial charge in [0.25, 0.3) is 0 Å². The zero-order valence-corrected chi connectivity index (χ0v) is 14.6. The van der Waals surface area contributed by atoms with Crippen LogP contribution < -0.4 is 5.73 Å². The molecule has 1 aromatic carbocycles. The molecule has 1 unspecified atom stereocenters. The van der Waals surface area contributed by atoms with Crippen LogP contribution in [0.1, 0.15) is 25.3 Å². The lowest BCUT2D eigenvalue weighted by Gasteiger charge is -2.29. The van der Waals surface area contributed by atoms with Crippen LogP contribution in [0.4, 0.5) is 0 Å². The lowest BCUT2D eigenvalue weighted by molar-refractivity contribution is 0.217. The summed E-state index contributed by atoms with van der Waals surface area (Å²) in [7, 11) is 4.21. The van der Waals surface area contributed by atoms with E-state index in [1.807, 2.05) is 18.2 Å². The van der Waals surface area contributed by atoms with Crippen molar-refractivity contribution in [3.63, 3.8) is 0 Å². The highest BCUT2D eigenvalue weighted by molar-refractivity contribution is 7.80. The van der Waals surface area contributed by atoms with Crippen molar-refractivity contribution in [3.8, 4) is 0 Å². The van der Waals surface area contributed by atoms with E-state index < -0.39 is 0 Å². The Hall–Kier alpha value is -0.970. The first-order valence-electron chi connectivity index (χ1n) is 7.61. The van der Waals surface area contributed by atoms with Crippen LogP contribution in [0.3, 0.4) is 0 Å². The highest BCUT2D eigenvalue weighted by Gasteiger charge is 2.19. The predicted molar refractivity (Wildman–Crippen MR) is 95.8 cm³/mol. The first kappa shape index (κ1) is 18.1. The molecule has 0 spiro atoms.